The molecule has 1 saturated heterocycles. The Balaban J connectivity index is 1.52. The summed E-state index contributed by atoms with van der Waals surface area (Å²) in [5.74, 6) is 0.430. The minimum atomic E-state index is -4.87. The van der Waals surface area contributed by atoms with Crippen molar-refractivity contribution in [3.63, 3.8) is 0 Å². The second kappa shape index (κ2) is 9.71. The lowest BCUT2D eigenvalue weighted by atomic mass is 9.96. The van der Waals surface area contributed by atoms with Crippen molar-refractivity contribution in [2.45, 2.75) is 31.7 Å². The zero-order valence-corrected chi connectivity index (χ0v) is 20.0. The highest BCUT2D eigenvalue weighted by Gasteiger charge is 2.55. The molecule has 0 radical (unpaired) electrons. The second-order valence-electron chi connectivity index (χ2n) is 9.00. The van der Waals surface area contributed by atoms with Crippen LogP contribution in [0, 0.1) is 5.82 Å². The Morgan fingerprint density at radius 3 is 2.43 bits per heavy atom. The zero-order valence-electron chi connectivity index (χ0n) is 20.0. The first-order chi connectivity index (χ1) is 17.7. The molecule has 1 atom stereocenters. The molecule has 0 saturated carbocycles. The van der Waals surface area contributed by atoms with Gasteiger partial charge < -0.3 is 14.7 Å². The molecule has 7 nitrogen and oxygen atoms in total. The first-order valence-corrected chi connectivity index (χ1v) is 11.9. The summed E-state index contributed by atoms with van der Waals surface area (Å²) in [5.41, 5.74) is -0.459. The third kappa shape index (κ3) is 4.88. The Morgan fingerprint density at radius 1 is 1.03 bits per heavy atom. The maximum Gasteiger partial charge on any atom is 0.423 e. The summed E-state index contributed by atoms with van der Waals surface area (Å²) >= 11 is 0. The highest BCUT2D eigenvalue weighted by atomic mass is 19.4. The van der Waals surface area contributed by atoms with Crippen LogP contribution in [0.2, 0.25) is 0 Å². The Morgan fingerprint density at radius 2 is 1.76 bits per heavy atom. The SMILES string of the molecule is CCC(O)(c1cn(Cc2ccc3c(-c4ccc(F)cc4)cc(N4CCOCC4)nc3c2)nn1)C(F)(F)F. The van der Waals surface area contributed by atoms with Crippen LogP contribution >= 0.6 is 0 Å². The van der Waals surface area contributed by atoms with Crippen LogP contribution in [0.5, 0.6) is 0 Å². The molecule has 1 aliphatic heterocycles. The fourth-order valence-electron chi connectivity index (χ4n) is 4.46. The number of hydrogen-bond acceptors (Lipinski definition) is 6. The molecule has 3 heterocycles. The Labute approximate surface area is 210 Å². The number of hydrogen-bond donors (Lipinski definition) is 1. The normalized spacial score (nSPS) is 16.2. The summed E-state index contributed by atoms with van der Waals surface area (Å²) in [6, 6.07) is 13.8. The molecule has 5 rings (SSSR count). The van der Waals surface area contributed by atoms with E-state index in [4.69, 9.17) is 9.72 Å². The number of nitrogens with zero attached hydrogens (tertiary/aromatic N) is 5. The maximum atomic E-state index is 13.6. The van der Waals surface area contributed by atoms with Crippen molar-refractivity contribution in [3.05, 3.63) is 71.8 Å². The number of aliphatic hydroxyl groups is 1. The van der Waals surface area contributed by atoms with Crippen LogP contribution in [0.4, 0.5) is 23.4 Å². The number of ether oxygens (including phenoxy) is 1. The number of fused-ring (bicyclic) bond motifs is 1. The third-order valence-corrected chi connectivity index (χ3v) is 6.64. The minimum Gasteiger partial charge on any atom is -0.378 e. The first-order valence-electron chi connectivity index (χ1n) is 11.9. The molecule has 194 valence electrons. The molecular weight excluding hydrogens is 490 g/mol. The zero-order chi connectivity index (χ0) is 26.2. The van der Waals surface area contributed by atoms with Gasteiger partial charge in [0, 0.05) is 18.5 Å². The van der Waals surface area contributed by atoms with Gasteiger partial charge in [0.25, 0.3) is 0 Å². The molecule has 11 heteroatoms. The topological polar surface area (TPSA) is 76.3 Å². The van der Waals surface area contributed by atoms with E-state index in [0.29, 0.717) is 31.8 Å². The molecular formula is C26H25F4N5O2. The number of anilines is 1. The average Bonchev–Trinajstić information content (AvgIpc) is 3.36. The highest BCUT2D eigenvalue weighted by Crippen LogP contribution is 2.40. The van der Waals surface area contributed by atoms with E-state index in [1.54, 1.807) is 12.1 Å². The average molecular weight is 516 g/mol. The van der Waals surface area contributed by atoms with Gasteiger partial charge in [-0.05, 0) is 47.4 Å². The van der Waals surface area contributed by atoms with Crippen LogP contribution in [0.3, 0.4) is 0 Å². The Kier molecular flexibility index (Phi) is 6.59. The lowest BCUT2D eigenvalue weighted by Gasteiger charge is -2.28. The van der Waals surface area contributed by atoms with Crippen molar-refractivity contribution in [1.29, 1.82) is 0 Å². The first kappa shape index (κ1) is 25.1. The van der Waals surface area contributed by atoms with E-state index in [1.807, 2.05) is 24.3 Å². The van der Waals surface area contributed by atoms with Gasteiger partial charge in [-0.25, -0.2) is 14.1 Å². The van der Waals surface area contributed by atoms with Crippen molar-refractivity contribution in [3.8, 4) is 11.1 Å². The van der Waals surface area contributed by atoms with Crippen LogP contribution in [0.25, 0.3) is 22.0 Å². The van der Waals surface area contributed by atoms with Gasteiger partial charge in [-0.3, -0.25) is 0 Å². The monoisotopic (exact) mass is 515 g/mol. The molecule has 0 amide bonds. The van der Waals surface area contributed by atoms with Crippen molar-refractivity contribution >= 4 is 16.7 Å². The van der Waals surface area contributed by atoms with Gasteiger partial charge in [-0.2, -0.15) is 13.2 Å². The molecule has 4 aromatic rings. The molecule has 2 aromatic heterocycles. The van der Waals surface area contributed by atoms with E-state index < -0.39 is 23.9 Å². The van der Waals surface area contributed by atoms with Crippen LogP contribution in [-0.4, -0.2) is 57.6 Å². The highest BCUT2D eigenvalue weighted by molar-refractivity contribution is 5.96. The van der Waals surface area contributed by atoms with Crippen LogP contribution in [0.1, 0.15) is 24.6 Å². The van der Waals surface area contributed by atoms with Crippen LogP contribution in [-0.2, 0) is 16.9 Å². The number of pyridine rings is 1. The van der Waals surface area contributed by atoms with E-state index in [2.05, 4.69) is 15.2 Å². The quantitative estimate of drug-likeness (QED) is 0.376. The third-order valence-electron chi connectivity index (χ3n) is 6.64. The molecule has 0 aliphatic carbocycles. The van der Waals surface area contributed by atoms with Crippen LogP contribution in [0.15, 0.2) is 54.7 Å². The van der Waals surface area contributed by atoms with E-state index >= 15 is 0 Å². The van der Waals surface area contributed by atoms with Crippen molar-refractivity contribution < 1.29 is 27.4 Å². The van der Waals surface area contributed by atoms with Crippen molar-refractivity contribution in [2.24, 2.45) is 0 Å². The summed E-state index contributed by atoms with van der Waals surface area (Å²) in [4.78, 5) is 6.98. The summed E-state index contributed by atoms with van der Waals surface area (Å²) < 4.78 is 60.6. The van der Waals surface area contributed by atoms with E-state index in [1.165, 1.54) is 23.7 Å². The van der Waals surface area contributed by atoms with Gasteiger partial charge in [0.05, 0.1) is 31.5 Å². The Bertz CT molecular complexity index is 1400. The molecule has 1 aliphatic rings. The number of alkyl halides is 3. The second-order valence-corrected chi connectivity index (χ2v) is 9.00. The molecule has 0 spiro atoms. The van der Waals surface area contributed by atoms with Gasteiger partial charge in [0.2, 0.25) is 5.60 Å². The number of benzene rings is 2. The van der Waals surface area contributed by atoms with Crippen LogP contribution < -0.4 is 4.90 Å². The molecule has 0 bridgehead atoms. The standard InChI is InChI=1S/C26H25F4N5O2/c1-2-25(36,26(28,29)30)23-16-35(33-32-23)15-17-3-8-20-21(18-4-6-19(27)7-5-18)14-24(31-22(20)13-17)34-9-11-37-12-10-34/h3-8,13-14,16,36H,2,9-12,15H2,1H3. The largest absolute Gasteiger partial charge is 0.423 e. The molecule has 1 N–H and O–H groups in total. The van der Waals surface area contributed by atoms with E-state index in [0.717, 1.165) is 34.1 Å². The smallest absolute Gasteiger partial charge is 0.378 e. The summed E-state index contributed by atoms with van der Waals surface area (Å²) in [5, 5.41) is 18.4. The number of halogens is 4. The summed E-state index contributed by atoms with van der Waals surface area (Å²) in [7, 11) is 0. The van der Waals surface area contributed by atoms with Gasteiger partial charge in [0.1, 0.15) is 17.3 Å². The number of rotatable bonds is 6. The summed E-state index contributed by atoms with van der Waals surface area (Å²) in [6.45, 7) is 3.91. The summed E-state index contributed by atoms with van der Waals surface area (Å²) in [6.07, 6.45) is -4.34. The Hall–Kier alpha value is -3.57. The predicted octanol–water partition coefficient (Wildman–Crippen LogP) is 4.68. The molecule has 2 aromatic carbocycles. The predicted molar refractivity (Wildman–Crippen MR) is 130 cm³/mol. The van der Waals surface area contributed by atoms with Crippen molar-refractivity contribution in [2.75, 3.05) is 31.2 Å². The van der Waals surface area contributed by atoms with Gasteiger partial charge in [0.15, 0.2) is 0 Å². The van der Waals surface area contributed by atoms with Gasteiger partial charge in [-0.15, -0.1) is 5.10 Å². The minimum absolute atomic E-state index is 0.135. The number of morpholine rings is 1. The lowest BCUT2D eigenvalue weighted by molar-refractivity contribution is -0.269. The fourth-order valence-corrected chi connectivity index (χ4v) is 4.46. The molecule has 1 fully saturated rings. The molecule has 1 unspecified atom stereocenters. The number of aromatic nitrogens is 4. The maximum absolute atomic E-state index is 13.6. The van der Waals surface area contributed by atoms with Gasteiger partial charge >= 0.3 is 6.18 Å². The van der Waals surface area contributed by atoms with Crippen molar-refractivity contribution in [1.82, 2.24) is 20.0 Å². The van der Waals surface area contributed by atoms with E-state index in [-0.39, 0.29) is 12.4 Å². The fraction of sp³-hybridized carbons (Fsp3) is 0.346. The molecule has 37 heavy (non-hydrogen) atoms. The van der Waals surface area contributed by atoms with Gasteiger partial charge in [-0.1, -0.05) is 36.4 Å². The lowest BCUT2D eigenvalue weighted by Crippen LogP contribution is -2.42. The van der Waals surface area contributed by atoms with E-state index in [9.17, 15) is 22.7 Å².